The summed E-state index contributed by atoms with van der Waals surface area (Å²) in [4.78, 5) is 30.6. The molecule has 214 valence electrons. The summed E-state index contributed by atoms with van der Waals surface area (Å²) < 4.78 is 27.7. The zero-order valence-corrected chi connectivity index (χ0v) is 22.9. The van der Waals surface area contributed by atoms with Gasteiger partial charge >= 0.3 is 0 Å². The van der Waals surface area contributed by atoms with Crippen LogP contribution in [0.5, 0.6) is 0 Å². The average Bonchev–Trinajstić information content (AvgIpc) is 3.57. The topological polar surface area (TPSA) is 124 Å². The molecule has 1 fully saturated rings. The number of imidazole rings is 1. The Kier molecular flexibility index (Phi) is 6.75. The number of nitrogens with two attached hydrogens (primary N) is 1. The molecule has 2 aliphatic rings. The molecular weight excluding hydrogens is 550 g/mol. The number of rotatable bonds is 5. The van der Waals surface area contributed by atoms with Crippen molar-refractivity contribution in [2.24, 2.45) is 5.92 Å². The molecule has 1 aliphatic carbocycles. The Labute approximate surface area is 245 Å². The van der Waals surface area contributed by atoms with E-state index in [9.17, 15) is 13.6 Å². The molecule has 11 heteroatoms. The second kappa shape index (κ2) is 10.9. The molecule has 4 aromatic heterocycles. The minimum atomic E-state index is -2.68. The molecule has 0 saturated carbocycles. The van der Waals surface area contributed by atoms with Crippen LogP contribution in [0.25, 0.3) is 28.2 Å². The van der Waals surface area contributed by atoms with E-state index >= 15 is 0 Å². The number of hydrogen-bond donors (Lipinski definition) is 3. The minimum Gasteiger partial charge on any atom is -0.383 e. The summed E-state index contributed by atoms with van der Waals surface area (Å²) in [5.74, 6) is 7.42. The molecule has 1 unspecified atom stereocenters. The van der Waals surface area contributed by atoms with E-state index < -0.39 is 6.43 Å². The number of aromatic nitrogens is 5. The van der Waals surface area contributed by atoms with Crippen molar-refractivity contribution in [1.82, 2.24) is 35.1 Å². The molecule has 1 aliphatic heterocycles. The van der Waals surface area contributed by atoms with Crippen LogP contribution in [-0.2, 0) is 6.42 Å². The summed E-state index contributed by atoms with van der Waals surface area (Å²) in [5, 5.41) is 6.25. The number of carbonyl (C=O) groups is 1. The highest BCUT2D eigenvalue weighted by Crippen LogP contribution is 2.36. The normalized spacial score (nSPS) is 16.0. The van der Waals surface area contributed by atoms with Crippen molar-refractivity contribution in [2.45, 2.75) is 25.3 Å². The van der Waals surface area contributed by atoms with E-state index in [-0.39, 0.29) is 23.2 Å². The number of nitrogens with zero attached hydrogens (tertiary/aromatic N) is 5. The Morgan fingerprint density at radius 3 is 2.72 bits per heavy atom. The second-order valence-electron chi connectivity index (χ2n) is 10.6. The number of pyridine rings is 3. The van der Waals surface area contributed by atoms with Crippen LogP contribution in [-0.4, -0.2) is 43.5 Å². The lowest BCUT2D eigenvalue weighted by Crippen LogP contribution is -2.40. The Morgan fingerprint density at radius 1 is 1.09 bits per heavy atom. The van der Waals surface area contributed by atoms with E-state index in [0.717, 1.165) is 36.3 Å². The van der Waals surface area contributed by atoms with Crippen molar-refractivity contribution in [3.05, 3.63) is 95.1 Å². The van der Waals surface area contributed by atoms with E-state index in [1.165, 1.54) is 18.3 Å². The molecule has 0 spiro atoms. The molecule has 7 rings (SSSR count). The predicted octanol–water partition coefficient (Wildman–Crippen LogP) is 4.39. The number of benzene rings is 1. The van der Waals surface area contributed by atoms with Gasteiger partial charge in [-0.1, -0.05) is 12.0 Å². The molecule has 9 nitrogen and oxygen atoms in total. The maximum Gasteiger partial charge on any atom is 0.280 e. The number of nitrogen functional groups attached to an aromatic ring is 1. The SMILES string of the molecule is Nc1ncccc1-c1nc2ccc(C#CC3CNC3)nc2n1-c1ccc2c(c1)CCC2NC(=O)c1ccc(C(F)F)nc1. The van der Waals surface area contributed by atoms with Gasteiger partial charge in [0.1, 0.15) is 22.7 Å². The molecule has 5 aromatic rings. The molecule has 0 bridgehead atoms. The summed E-state index contributed by atoms with van der Waals surface area (Å²) in [6.07, 6.45) is 1.58. The van der Waals surface area contributed by atoms with Gasteiger partial charge in [-0.2, -0.15) is 0 Å². The van der Waals surface area contributed by atoms with Crippen LogP contribution in [0.2, 0.25) is 0 Å². The number of anilines is 1. The second-order valence-corrected chi connectivity index (χ2v) is 10.6. The van der Waals surface area contributed by atoms with Gasteiger partial charge in [0.25, 0.3) is 12.3 Å². The molecule has 1 amide bonds. The van der Waals surface area contributed by atoms with Crippen molar-refractivity contribution < 1.29 is 13.6 Å². The number of fused-ring (bicyclic) bond motifs is 2. The van der Waals surface area contributed by atoms with Gasteiger partial charge in [-0.3, -0.25) is 14.3 Å². The highest BCUT2D eigenvalue weighted by atomic mass is 19.3. The van der Waals surface area contributed by atoms with Gasteiger partial charge in [-0.15, -0.1) is 0 Å². The van der Waals surface area contributed by atoms with E-state index in [1.54, 1.807) is 6.20 Å². The first kappa shape index (κ1) is 26.7. The Bertz CT molecular complexity index is 1920. The Hall–Kier alpha value is -5.21. The van der Waals surface area contributed by atoms with Gasteiger partial charge in [0.15, 0.2) is 11.5 Å². The first-order valence-electron chi connectivity index (χ1n) is 14.0. The third kappa shape index (κ3) is 5.06. The number of alkyl halides is 2. The number of halogens is 2. The summed E-state index contributed by atoms with van der Waals surface area (Å²) in [6.45, 7) is 1.77. The lowest BCUT2D eigenvalue weighted by molar-refractivity contribution is 0.0935. The van der Waals surface area contributed by atoms with Crippen LogP contribution in [0, 0.1) is 17.8 Å². The molecule has 5 heterocycles. The van der Waals surface area contributed by atoms with Crippen LogP contribution in [0.3, 0.4) is 0 Å². The summed E-state index contributed by atoms with van der Waals surface area (Å²) >= 11 is 0. The van der Waals surface area contributed by atoms with Gasteiger partial charge < -0.3 is 16.4 Å². The van der Waals surface area contributed by atoms with Gasteiger partial charge in [-0.05, 0) is 78.4 Å². The summed E-state index contributed by atoms with van der Waals surface area (Å²) in [7, 11) is 0. The number of amides is 1. The quantitative estimate of drug-likeness (QED) is 0.265. The molecular formula is C32H26F2N8O. The largest absolute Gasteiger partial charge is 0.383 e. The maximum absolute atomic E-state index is 12.9. The van der Waals surface area contributed by atoms with Crippen LogP contribution in [0.1, 0.15) is 51.8 Å². The highest BCUT2D eigenvalue weighted by molar-refractivity contribution is 5.94. The summed E-state index contributed by atoms with van der Waals surface area (Å²) in [6, 6.07) is 15.9. The Balaban J connectivity index is 1.24. The maximum atomic E-state index is 12.9. The first-order valence-corrected chi connectivity index (χ1v) is 14.0. The number of nitrogens with one attached hydrogen (secondary N) is 2. The first-order chi connectivity index (χ1) is 20.9. The van der Waals surface area contributed by atoms with Crippen LogP contribution in [0.15, 0.2) is 67.0 Å². The number of aryl methyl sites for hydroxylation is 1. The van der Waals surface area contributed by atoms with E-state index in [4.69, 9.17) is 15.7 Å². The standard InChI is InChI=1S/C32H26F2N8O/c33-28(34)26-11-5-20(17-38-26)32(43)41-25-10-4-19-14-22(8-9-23(19)25)42-30(24-2-1-13-37-29(24)35)40-27-12-7-21(39-31(27)42)6-3-18-15-36-16-18/h1-2,5,7-9,11-14,17-18,25,28,36H,4,10,15-16H2,(H2,35,37)(H,41,43). The summed E-state index contributed by atoms with van der Waals surface area (Å²) in [5.41, 5.74) is 11.8. The molecule has 0 radical (unpaired) electrons. The zero-order valence-electron chi connectivity index (χ0n) is 22.9. The van der Waals surface area contributed by atoms with Crippen molar-refractivity contribution >= 4 is 22.9 Å². The fourth-order valence-corrected chi connectivity index (χ4v) is 5.43. The molecule has 1 saturated heterocycles. The van der Waals surface area contributed by atoms with Crippen molar-refractivity contribution in [3.63, 3.8) is 0 Å². The molecule has 1 atom stereocenters. The van der Waals surface area contributed by atoms with Crippen LogP contribution in [0.4, 0.5) is 14.6 Å². The number of hydrogen-bond acceptors (Lipinski definition) is 7. The van der Waals surface area contributed by atoms with E-state index in [1.807, 2.05) is 41.0 Å². The third-order valence-corrected chi connectivity index (χ3v) is 7.81. The van der Waals surface area contributed by atoms with Gasteiger partial charge in [0, 0.05) is 37.1 Å². The molecule has 43 heavy (non-hydrogen) atoms. The van der Waals surface area contributed by atoms with Crippen molar-refractivity contribution in [2.75, 3.05) is 18.8 Å². The number of carbonyl (C=O) groups excluding carboxylic acids is 1. The highest BCUT2D eigenvalue weighted by Gasteiger charge is 2.26. The van der Waals surface area contributed by atoms with E-state index in [2.05, 4.69) is 38.5 Å². The fraction of sp³-hybridized carbons (Fsp3) is 0.219. The smallest absolute Gasteiger partial charge is 0.280 e. The van der Waals surface area contributed by atoms with Gasteiger partial charge in [0.05, 0.1) is 17.2 Å². The lowest BCUT2D eigenvalue weighted by Gasteiger charge is -2.21. The van der Waals surface area contributed by atoms with Crippen LogP contribution < -0.4 is 16.4 Å². The zero-order chi connectivity index (χ0) is 29.5. The Morgan fingerprint density at radius 2 is 1.98 bits per heavy atom. The van der Waals surface area contributed by atoms with Crippen molar-refractivity contribution in [1.29, 1.82) is 0 Å². The van der Waals surface area contributed by atoms with Crippen molar-refractivity contribution in [3.8, 4) is 28.9 Å². The van der Waals surface area contributed by atoms with Gasteiger partial charge in [-0.25, -0.2) is 23.7 Å². The lowest BCUT2D eigenvalue weighted by atomic mass is 10.0. The third-order valence-electron chi connectivity index (χ3n) is 7.81. The predicted molar refractivity (Wildman–Crippen MR) is 157 cm³/mol. The molecule has 4 N–H and O–H groups in total. The van der Waals surface area contributed by atoms with Gasteiger partial charge in [0.2, 0.25) is 0 Å². The van der Waals surface area contributed by atoms with E-state index in [0.29, 0.717) is 46.4 Å². The monoisotopic (exact) mass is 576 g/mol. The van der Waals surface area contributed by atoms with Crippen LogP contribution >= 0.6 is 0 Å². The average molecular weight is 577 g/mol. The fourth-order valence-electron chi connectivity index (χ4n) is 5.43. The minimum absolute atomic E-state index is 0.222. The molecule has 1 aromatic carbocycles.